The number of aromatic nitrogens is 1. The standard InChI is InChI=1S/C12H8N2O2/c1-8(15)16-11-5-4-9(7-13)10-3-2-6-14-12(10)11/h2-6H,1H3. The van der Waals surface area contributed by atoms with E-state index < -0.39 is 5.97 Å². The van der Waals surface area contributed by atoms with Gasteiger partial charge in [0.2, 0.25) is 0 Å². The van der Waals surface area contributed by atoms with Crippen LogP contribution in [0.15, 0.2) is 30.5 Å². The van der Waals surface area contributed by atoms with Crippen LogP contribution in [0.1, 0.15) is 12.5 Å². The van der Waals surface area contributed by atoms with Crippen LogP contribution in [0.25, 0.3) is 10.9 Å². The van der Waals surface area contributed by atoms with Gasteiger partial charge in [-0.1, -0.05) is 0 Å². The molecule has 1 aromatic heterocycles. The molecule has 2 aromatic rings. The van der Waals surface area contributed by atoms with Crippen molar-refractivity contribution in [3.8, 4) is 11.8 Å². The van der Waals surface area contributed by atoms with E-state index >= 15 is 0 Å². The zero-order valence-electron chi connectivity index (χ0n) is 8.60. The molecule has 0 aliphatic rings. The molecule has 0 aliphatic carbocycles. The predicted molar refractivity (Wildman–Crippen MR) is 57.8 cm³/mol. The van der Waals surface area contributed by atoms with Crippen molar-refractivity contribution in [2.45, 2.75) is 6.92 Å². The largest absolute Gasteiger partial charge is 0.424 e. The summed E-state index contributed by atoms with van der Waals surface area (Å²) in [6.07, 6.45) is 1.59. The van der Waals surface area contributed by atoms with Crippen LogP contribution in [-0.4, -0.2) is 11.0 Å². The fraction of sp³-hybridized carbons (Fsp3) is 0.0833. The second-order valence-electron chi connectivity index (χ2n) is 3.22. The van der Waals surface area contributed by atoms with E-state index in [4.69, 9.17) is 10.00 Å². The van der Waals surface area contributed by atoms with Gasteiger partial charge in [-0.05, 0) is 24.3 Å². The highest BCUT2D eigenvalue weighted by Crippen LogP contribution is 2.26. The highest BCUT2D eigenvalue weighted by molar-refractivity contribution is 5.90. The lowest BCUT2D eigenvalue weighted by molar-refractivity contribution is -0.131. The Morgan fingerprint density at radius 3 is 2.94 bits per heavy atom. The third kappa shape index (κ3) is 1.71. The van der Waals surface area contributed by atoms with Gasteiger partial charge in [0.15, 0.2) is 5.75 Å². The van der Waals surface area contributed by atoms with Crippen LogP contribution in [0.3, 0.4) is 0 Å². The van der Waals surface area contributed by atoms with E-state index in [0.29, 0.717) is 22.2 Å². The molecule has 0 saturated heterocycles. The van der Waals surface area contributed by atoms with Crippen molar-refractivity contribution in [2.75, 3.05) is 0 Å². The minimum absolute atomic E-state index is 0.377. The number of fused-ring (bicyclic) bond motifs is 1. The van der Waals surface area contributed by atoms with E-state index in [1.807, 2.05) is 0 Å². The third-order valence-corrected chi connectivity index (χ3v) is 2.11. The van der Waals surface area contributed by atoms with Crippen LogP contribution in [0.4, 0.5) is 0 Å². The van der Waals surface area contributed by atoms with Gasteiger partial charge in [0.25, 0.3) is 0 Å². The summed E-state index contributed by atoms with van der Waals surface area (Å²) in [5.74, 6) is -0.0289. The maximum absolute atomic E-state index is 10.9. The molecule has 0 spiro atoms. The van der Waals surface area contributed by atoms with Gasteiger partial charge >= 0.3 is 5.97 Å². The smallest absolute Gasteiger partial charge is 0.308 e. The van der Waals surface area contributed by atoms with Crippen LogP contribution >= 0.6 is 0 Å². The molecule has 16 heavy (non-hydrogen) atoms. The second kappa shape index (κ2) is 3.99. The Morgan fingerprint density at radius 1 is 1.44 bits per heavy atom. The number of carbonyl (C=O) groups is 1. The topological polar surface area (TPSA) is 63.0 Å². The lowest BCUT2D eigenvalue weighted by Gasteiger charge is -2.05. The first-order chi connectivity index (χ1) is 7.72. The molecule has 4 heteroatoms. The predicted octanol–water partition coefficient (Wildman–Crippen LogP) is 2.03. The summed E-state index contributed by atoms with van der Waals surface area (Å²) in [6, 6.07) is 8.77. The van der Waals surface area contributed by atoms with Gasteiger partial charge in [0.1, 0.15) is 5.52 Å². The van der Waals surface area contributed by atoms with Crippen molar-refractivity contribution in [3.63, 3.8) is 0 Å². The Labute approximate surface area is 92.1 Å². The number of hydrogen-bond acceptors (Lipinski definition) is 4. The second-order valence-corrected chi connectivity index (χ2v) is 3.22. The lowest BCUT2D eigenvalue weighted by Crippen LogP contribution is -2.02. The number of benzene rings is 1. The highest BCUT2D eigenvalue weighted by Gasteiger charge is 2.08. The number of pyridine rings is 1. The molecule has 0 fully saturated rings. The number of nitriles is 1. The van der Waals surface area contributed by atoms with Crippen molar-refractivity contribution >= 4 is 16.9 Å². The summed E-state index contributed by atoms with van der Waals surface area (Å²) >= 11 is 0. The number of nitrogens with zero attached hydrogens (tertiary/aromatic N) is 2. The van der Waals surface area contributed by atoms with Crippen LogP contribution in [-0.2, 0) is 4.79 Å². The van der Waals surface area contributed by atoms with E-state index in [1.54, 1.807) is 30.5 Å². The average Bonchev–Trinajstić information content (AvgIpc) is 2.29. The number of rotatable bonds is 1. The van der Waals surface area contributed by atoms with Crippen LogP contribution in [0.5, 0.6) is 5.75 Å². The first kappa shape index (κ1) is 10.1. The van der Waals surface area contributed by atoms with E-state index in [-0.39, 0.29) is 0 Å². The van der Waals surface area contributed by atoms with Crippen molar-refractivity contribution in [2.24, 2.45) is 0 Å². The monoisotopic (exact) mass is 212 g/mol. The first-order valence-electron chi connectivity index (χ1n) is 4.68. The molecule has 4 nitrogen and oxygen atoms in total. The zero-order chi connectivity index (χ0) is 11.5. The summed E-state index contributed by atoms with van der Waals surface area (Å²) in [4.78, 5) is 15.0. The van der Waals surface area contributed by atoms with Crippen molar-refractivity contribution in [3.05, 3.63) is 36.0 Å². The Balaban J connectivity index is 2.70. The van der Waals surface area contributed by atoms with Crippen molar-refractivity contribution in [1.82, 2.24) is 4.98 Å². The molecule has 0 amide bonds. The van der Waals surface area contributed by atoms with E-state index in [1.165, 1.54) is 6.92 Å². The van der Waals surface area contributed by atoms with Crippen molar-refractivity contribution in [1.29, 1.82) is 5.26 Å². The van der Waals surface area contributed by atoms with Gasteiger partial charge in [-0.25, -0.2) is 0 Å². The Kier molecular flexibility index (Phi) is 2.52. The fourth-order valence-electron chi connectivity index (χ4n) is 1.48. The normalized spacial score (nSPS) is 9.75. The van der Waals surface area contributed by atoms with Gasteiger partial charge in [-0.15, -0.1) is 0 Å². The van der Waals surface area contributed by atoms with Gasteiger partial charge in [-0.2, -0.15) is 5.26 Å². The molecule has 1 aromatic carbocycles. The van der Waals surface area contributed by atoms with E-state index in [2.05, 4.69) is 11.1 Å². The summed E-state index contributed by atoms with van der Waals surface area (Å²) < 4.78 is 5.02. The molecule has 0 unspecified atom stereocenters. The molecule has 0 N–H and O–H groups in total. The lowest BCUT2D eigenvalue weighted by atomic mass is 10.1. The van der Waals surface area contributed by atoms with E-state index in [9.17, 15) is 4.79 Å². The average molecular weight is 212 g/mol. The molecule has 0 saturated carbocycles. The fourth-order valence-corrected chi connectivity index (χ4v) is 1.48. The quantitative estimate of drug-likeness (QED) is 0.536. The summed E-state index contributed by atoms with van der Waals surface area (Å²) in [7, 11) is 0. The van der Waals surface area contributed by atoms with E-state index in [0.717, 1.165) is 0 Å². The van der Waals surface area contributed by atoms with Gasteiger partial charge < -0.3 is 4.74 Å². The third-order valence-electron chi connectivity index (χ3n) is 2.11. The maximum atomic E-state index is 10.9. The summed E-state index contributed by atoms with van der Waals surface area (Å²) in [6.45, 7) is 1.33. The van der Waals surface area contributed by atoms with Gasteiger partial charge in [0, 0.05) is 18.5 Å². The molecule has 0 aliphatic heterocycles. The Hall–Kier alpha value is -2.41. The summed E-state index contributed by atoms with van der Waals surface area (Å²) in [5.41, 5.74) is 1.04. The highest BCUT2D eigenvalue weighted by atomic mass is 16.5. The summed E-state index contributed by atoms with van der Waals surface area (Å²) in [5, 5.41) is 9.61. The minimum Gasteiger partial charge on any atom is -0.424 e. The molecular formula is C12H8N2O2. The van der Waals surface area contributed by atoms with Gasteiger partial charge in [0.05, 0.1) is 11.6 Å². The molecule has 78 valence electrons. The van der Waals surface area contributed by atoms with Crippen LogP contribution < -0.4 is 4.74 Å². The Bertz CT molecular complexity index is 599. The minimum atomic E-state index is -0.406. The molecule has 0 bridgehead atoms. The number of ether oxygens (including phenoxy) is 1. The zero-order valence-corrected chi connectivity index (χ0v) is 8.60. The Morgan fingerprint density at radius 2 is 2.25 bits per heavy atom. The molecule has 1 heterocycles. The van der Waals surface area contributed by atoms with Crippen LogP contribution in [0, 0.1) is 11.3 Å². The first-order valence-corrected chi connectivity index (χ1v) is 4.68. The van der Waals surface area contributed by atoms with Crippen molar-refractivity contribution < 1.29 is 9.53 Å². The molecule has 0 atom stereocenters. The van der Waals surface area contributed by atoms with Crippen LogP contribution in [0.2, 0.25) is 0 Å². The number of hydrogen-bond donors (Lipinski definition) is 0. The maximum Gasteiger partial charge on any atom is 0.308 e. The molecule has 2 rings (SSSR count). The molecular weight excluding hydrogens is 204 g/mol. The van der Waals surface area contributed by atoms with Gasteiger partial charge in [-0.3, -0.25) is 9.78 Å². The molecule has 0 radical (unpaired) electrons. The number of esters is 1. The SMILES string of the molecule is CC(=O)Oc1ccc(C#N)c2cccnc12. The number of carbonyl (C=O) groups excluding carboxylic acids is 1.